The van der Waals surface area contributed by atoms with Gasteiger partial charge in [0.2, 0.25) is 0 Å². The van der Waals surface area contributed by atoms with Gasteiger partial charge in [0.15, 0.2) is 4.96 Å². The predicted octanol–water partition coefficient (Wildman–Crippen LogP) is 7.01. The van der Waals surface area contributed by atoms with Crippen LogP contribution in [0.1, 0.15) is 66.6 Å². The average molecular weight is 554 g/mol. The van der Waals surface area contributed by atoms with Crippen LogP contribution in [-0.2, 0) is 16.1 Å². The summed E-state index contributed by atoms with van der Waals surface area (Å²) in [6.07, 6.45) is 8.45. The first-order valence-corrected chi connectivity index (χ1v) is 14.1. The monoisotopic (exact) mass is 553 g/mol. The zero-order valence-electron chi connectivity index (χ0n) is 21.1. The van der Waals surface area contributed by atoms with Crippen molar-refractivity contribution < 1.29 is 18.7 Å². The molecule has 0 unspecified atom stereocenters. The second-order valence-corrected chi connectivity index (χ2v) is 11.1. The Hall–Kier alpha value is -3.23. The third kappa shape index (κ3) is 5.92. The van der Waals surface area contributed by atoms with Crippen molar-refractivity contribution in [1.82, 2.24) is 14.7 Å². The van der Waals surface area contributed by atoms with Gasteiger partial charge in [-0.05, 0) is 67.7 Å². The van der Waals surface area contributed by atoms with Crippen molar-refractivity contribution in [3.05, 3.63) is 82.5 Å². The summed E-state index contributed by atoms with van der Waals surface area (Å²) >= 11 is 7.55. The van der Waals surface area contributed by atoms with Gasteiger partial charge in [0, 0.05) is 35.9 Å². The van der Waals surface area contributed by atoms with E-state index in [0.717, 1.165) is 36.1 Å². The Balaban J connectivity index is 1.19. The largest absolute Gasteiger partial charge is 0.466 e. The SMILES string of the molecule is CCOC(=O)C[C@H]1CC[C@H](c2ccc(-c3cn4cc(C(=O)NCc5c(F)cccc5Cl)nc4s3)cc2)CC1. The van der Waals surface area contributed by atoms with Gasteiger partial charge >= 0.3 is 5.97 Å². The fourth-order valence-electron chi connectivity index (χ4n) is 5.07. The number of fused-ring (bicyclic) bond motifs is 1. The number of benzene rings is 2. The number of nitrogens with one attached hydrogen (secondary N) is 1. The van der Waals surface area contributed by atoms with Crippen molar-refractivity contribution in [3.8, 4) is 10.4 Å². The number of imidazole rings is 1. The lowest BCUT2D eigenvalue weighted by molar-refractivity contribution is -0.144. The van der Waals surface area contributed by atoms with Gasteiger partial charge in [0.25, 0.3) is 5.91 Å². The molecule has 4 aromatic rings. The van der Waals surface area contributed by atoms with Crippen LogP contribution in [0.3, 0.4) is 0 Å². The molecule has 1 N–H and O–H groups in total. The number of amides is 1. The number of hydrogen-bond donors (Lipinski definition) is 1. The molecule has 198 valence electrons. The van der Waals surface area contributed by atoms with Gasteiger partial charge in [-0.3, -0.25) is 14.0 Å². The first-order chi connectivity index (χ1) is 18.4. The highest BCUT2D eigenvalue weighted by Gasteiger charge is 2.24. The van der Waals surface area contributed by atoms with E-state index in [2.05, 4.69) is 34.6 Å². The maximum absolute atomic E-state index is 14.0. The summed E-state index contributed by atoms with van der Waals surface area (Å²) < 4.78 is 20.9. The Morgan fingerprint density at radius 1 is 1.13 bits per heavy atom. The second-order valence-electron chi connectivity index (χ2n) is 9.64. The molecular weight excluding hydrogens is 525 g/mol. The Morgan fingerprint density at radius 2 is 1.89 bits per heavy atom. The minimum absolute atomic E-state index is 0.0137. The van der Waals surface area contributed by atoms with E-state index in [0.29, 0.717) is 29.8 Å². The highest BCUT2D eigenvalue weighted by atomic mass is 35.5. The normalized spacial score (nSPS) is 17.4. The van der Waals surface area contributed by atoms with Crippen LogP contribution < -0.4 is 5.32 Å². The zero-order valence-corrected chi connectivity index (χ0v) is 22.7. The van der Waals surface area contributed by atoms with Crippen LogP contribution in [0, 0.1) is 11.7 Å². The van der Waals surface area contributed by atoms with Crippen molar-refractivity contribution in [3.63, 3.8) is 0 Å². The molecule has 0 atom stereocenters. The molecule has 0 saturated heterocycles. The van der Waals surface area contributed by atoms with Gasteiger partial charge in [-0.15, -0.1) is 0 Å². The molecule has 1 aliphatic rings. The van der Waals surface area contributed by atoms with E-state index in [1.54, 1.807) is 12.3 Å². The molecule has 1 amide bonds. The van der Waals surface area contributed by atoms with Crippen LogP contribution in [0.25, 0.3) is 15.4 Å². The van der Waals surface area contributed by atoms with Crippen LogP contribution in [0.2, 0.25) is 5.02 Å². The standard InChI is InChI=1S/C29H29ClFN3O3S/c1-2-37-27(35)14-18-6-8-19(9-7-18)20-10-12-21(13-11-20)26-17-34-16-25(33-29(34)38-26)28(36)32-15-22-23(30)4-3-5-24(22)31/h3-5,10-13,16-19H,2,6-9,14-15H2,1H3,(H,32,36)/t18-,19-. The zero-order chi connectivity index (χ0) is 26.6. The van der Waals surface area contributed by atoms with Crippen molar-refractivity contribution in [2.24, 2.45) is 5.92 Å². The Bertz CT molecular complexity index is 1390. The lowest BCUT2D eigenvalue weighted by atomic mass is 9.77. The summed E-state index contributed by atoms with van der Waals surface area (Å²) in [6.45, 7) is 2.28. The molecule has 0 radical (unpaired) electrons. The molecule has 1 saturated carbocycles. The molecular formula is C29H29ClFN3O3S. The van der Waals surface area contributed by atoms with Gasteiger partial charge in [0.05, 0.1) is 11.5 Å². The summed E-state index contributed by atoms with van der Waals surface area (Å²) in [5.41, 5.74) is 2.95. The molecule has 2 aromatic carbocycles. The molecule has 5 rings (SSSR count). The number of hydrogen-bond acceptors (Lipinski definition) is 5. The van der Waals surface area contributed by atoms with Crippen LogP contribution in [0.5, 0.6) is 0 Å². The molecule has 38 heavy (non-hydrogen) atoms. The van der Waals surface area contributed by atoms with Crippen LogP contribution in [0.4, 0.5) is 4.39 Å². The molecule has 6 nitrogen and oxygen atoms in total. The van der Waals surface area contributed by atoms with E-state index in [9.17, 15) is 14.0 Å². The lowest BCUT2D eigenvalue weighted by Crippen LogP contribution is -2.23. The number of halogens is 2. The predicted molar refractivity (Wildman–Crippen MR) is 147 cm³/mol. The smallest absolute Gasteiger partial charge is 0.306 e. The molecule has 0 aliphatic heterocycles. The Morgan fingerprint density at radius 3 is 2.58 bits per heavy atom. The van der Waals surface area contributed by atoms with Crippen molar-refractivity contribution in [2.45, 2.75) is 51.5 Å². The van der Waals surface area contributed by atoms with E-state index in [1.807, 2.05) is 17.5 Å². The van der Waals surface area contributed by atoms with E-state index >= 15 is 0 Å². The summed E-state index contributed by atoms with van der Waals surface area (Å²) in [5.74, 6) is 0.0199. The summed E-state index contributed by atoms with van der Waals surface area (Å²) in [7, 11) is 0. The number of carbonyl (C=O) groups is 2. The third-order valence-corrected chi connectivity index (χ3v) is 8.55. The molecule has 0 spiro atoms. The molecule has 1 fully saturated rings. The number of thiazole rings is 1. The number of rotatable bonds is 8. The summed E-state index contributed by atoms with van der Waals surface area (Å²) in [4.78, 5) is 30.6. The number of aromatic nitrogens is 2. The summed E-state index contributed by atoms with van der Waals surface area (Å²) in [5, 5.41) is 2.96. The maximum atomic E-state index is 14.0. The Labute approximate surface area is 229 Å². The number of ether oxygens (including phenoxy) is 1. The number of carbonyl (C=O) groups excluding carboxylic acids is 2. The van der Waals surface area contributed by atoms with Crippen LogP contribution in [0.15, 0.2) is 54.9 Å². The van der Waals surface area contributed by atoms with Crippen molar-refractivity contribution in [1.29, 1.82) is 0 Å². The fourth-order valence-corrected chi connectivity index (χ4v) is 6.28. The molecule has 2 aromatic heterocycles. The second kappa shape index (κ2) is 11.7. The quantitative estimate of drug-likeness (QED) is 0.238. The van der Waals surface area contributed by atoms with E-state index in [-0.39, 0.29) is 34.7 Å². The maximum Gasteiger partial charge on any atom is 0.306 e. The van der Waals surface area contributed by atoms with Crippen molar-refractivity contribution in [2.75, 3.05) is 6.61 Å². The van der Waals surface area contributed by atoms with E-state index in [4.69, 9.17) is 16.3 Å². The first-order valence-electron chi connectivity index (χ1n) is 12.9. The van der Waals surface area contributed by atoms with Gasteiger partial charge in [0.1, 0.15) is 11.5 Å². The number of esters is 1. The Kier molecular flexibility index (Phi) is 8.09. The molecule has 2 heterocycles. The van der Waals surface area contributed by atoms with E-state index in [1.165, 1.54) is 29.0 Å². The summed E-state index contributed by atoms with van der Waals surface area (Å²) in [6, 6.07) is 13.1. The highest BCUT2D eigenvalue weighted by molar-refractivity contribution is 7.20. The first kappa shape index (κ1) is 26.4. The van der Waals surface area contributed by atoms with Crippen LogP contribution in [-0.4, -0.2) is 27.9 Å². The highest BCUT2D eigenvalue weighted by Crippen LogP contribution is 2.38. The fraction of sp³-hybridized carbons (Fsp3) is 0.345. The lowest BCUT2D eigenvalue weighted by Gasteiger charge is -2.28. The minimum atomic E-state index is -0.457. The minimum Gasteiger partial charge on any atom is -0.466 e. The van der Waals surface area contributed by atoms with Gasteiger partial charge in [-0.2, -0.15) is 0 Å². The van der Waals surface area contributed by atoms with E-state index < -0.39 is 5.82 Å². The molecule has 0 bridgehead atoms. The van der Waals surface area contributed by atoms with Gasteiger partial charge in [-0.1, -0.05) is 53.3 Å². The molecule has 1 aliphatic carbocycles. The number of nitrogens with zero attached hydrogens (tertiary/aromatic N) is 2. The average Bonchev–Trinajstić information content (AvgIpc) is 3.49. The molecule has 9 heteroatoms. The van der Waals surface area contributed by atoms with Gasteiger partial charge in [-0.25, -0.2) is 9.37 Å². The van der Waals surface area contributed by atoms with Crippen molar-refractivity contribution >= 4 is 39.8 Å². The van der Waals surface area contributed by atoms with Gasteiger partial charge < -0.3 is 10.1 Å². The third-order valence-electron chi connectivity index (χ3n) is 7.15. The topological polar surface area (TPSA) is 72.7 Å². The van der Waals surface area contributed by atoms with Crippen LogP contribution >= 0.6 is 22.9 Å².